The molecule has 0 unspecified atom stereocenters. The first-order valence-electron chi connectivity index (χ1n) is 6.49. The molecule has 0 aliphatic heterocycles. The van der Waals surface area contributed by atoms with Gasteiger partial charge >= 0.3 is 0 Å². The Labute approximate surface area is 113 Å². The molecule has 0 atom stereocenters. The molecule has 0 bridgehead atoms. The van der Waals surface area contributed by atoms with Crippen molar-refractivity contribution in [2.24, 2.45) is 5.92 Å². The topological polar surface area (TPSA) is 58.4 Å². The predicted octanol–water partition coefficient (Wildman–Crippen LogP) is 2.32. The lowest BCUT2D eigenvalue weighted by Gasteiger charge is -2.21. The van der Waals surface area contributed by atoms with Gasteiger partial charge < -0.3 is 11.1 Å². The third-order valence-corrected chi connectivity index (χ3v) is 2.70. The summed E-state index contributed by atoms with van der Waals surface area (Å²) in [4.78, 5) is 13.9. The minimum absolute atomic E-state index is 0.130. The molecule has 106 valence electrons. The van der Waals surface area contributed by atoms with Crippen molar-refractivity contribution < 1.29 is 9.18 Å². The first-order chi connectivity index (χ1) is 8.92. The summed E-state index contributed by atoms with van der Waals surface area (Å²) in [6.45, 7) is 8.06. The van der Waals surface area contributed by atoms with Gasteiger partial charge in [-0.25, -0.2) is 4.39 Å². The van der Waals surface area contributed by atoms with Gasteiger partial charge in [0, 0.05) is 12.2 Å². The highest BCUT2D eigenvalue weighted by Gasteiger charge is 2.12. The lowest BCUT2D eigenvalue weighted by atomic mass is 10.2. The highest BCUT2D eigenvalue weighted by Crippen LogP contribution is 2.17. The summed E-state index contributed by atoms with van der Waals surface area (Å²) in [5.74, 6) is -0.224. The van der Waals surface area contributed by atoms with Crippen molar-refractivity contribution >= 4 is 17.3 Å². The fourth-order valence-corrected chi connectivity index (χ4v) is 1.85. The van der Waals surface area contributed by atoms with Crippen molar-refractivity contribution in [1.82, 2.24) is 4.90 Å². The number of nitrogens with one attached hydrogen (secondary N) is 1. The Kier molecular flexibility index (Phi) is 5.76. The van der Waals surface area contributed by atoms with E-state index < -0.39 is 5.82 Å². The van der Waals surface area contributed by atoms with E-state index in [2.05, 4.69) is 19.2 Å². The molecule has 0 fully saturated rings. The van der Waals surface area contributed by atoms with Gasteiger partial charge in [0.2, 0.25) is 5.91 Å². The molecular formula is C14H22FN3O. The van der Waals surface area contributed by atoms with Crippen molar-refractivity contribution in [2.45, 2.75) is 20.8 Å². The second kappa shape index (κ2) is 7.09. The minimum atomic E-state index is -0.477. The van der Waals surface area contributed by atoms with Crippen LogP contribution in [0.1, 0.15) is 20.8 Å². The van der Waals surface area contributed by atoms with Gasteiger partial charge in [-0.2, -0.15) is 0 Å². The number of nitrogens with zero attached hydrogens (tertiary/aromatic N) is 1. The fraction of sp³-hybridized carbons (Fsp3) is 0.500. The number of hydrogen-bond acceptors (Lipinski definition) is 3. The van der Waals surface area contributed by atoms with E-state index in [9.17, 15) is 9.18 Å². The van der Waals surface area contributed by atoms with Crippen molar-refractivity contribution in [3.63, 3.8) is 0 Å². The van der Waals surface area contributed by atoms with Crippen LogP contribution in [0.15, 0.2) is 18.2 Å². The Morgan fingerprint density at radius 1 is 1.47 bits per heavy atom. The van der Waals surface area contributed by atoms with Crippen LogP contribution in [0.4, 0.5) is 15.8 Å². The zero-order valence-electron chi connectivity index (χ0n) is 11.7. The number of benzene rings is 1. The van der Waals surface area contributed by atoms with Gasteiger partial charge in [-0.15, -0.1) is 0 Å². The number of nitrogen functional groups attached to an aromatic ring is 1. The summed E-state index contributed by atoms with van der Waals surface area (Å²) in [6, 6.07) is 4.13. The number of anilines is 2. The number of nitrogens with two attached hydrogens (primary N) is 1. The van der Waals surface area contributed by atoms with Gasteiger partial charge in [-0.05, 0) is 30.7 Å². The van der Waals surface area contributed by atoms with Crippen LogP contribution in [0, 0.1) is 11.7 Å². The first kappa shape index (κ1) is 15.4. The van der Waals surface area contributed by atoms with E-state index in [1.165, 1.54) is 18.2 Å². The van der Waals surface area contributed by atoms with Crippen LogP contribution < -0.4 is 11.1 Å². The predicted molar refractivity (Wildman–Crippen MR) is 76.4 cm³/mol. The Balaban J connectivity index is 2.61. The summed E-state index contributed by atoms with van der Waals surface area (Å²) in [6.07, 6.45) is 0. The molecule has 1 amide bonds. The minimum Gasteiger partial charge on any atom is -0.399 e. The van der Waals surface area contributed by atoms with Crippen LogP contribution in [-0.2, 0) is 4.79 Å². The first-order valence-corrected chi connectivity index (χ1v) is 6.49. The highest BCUT2D eigenvalue weighted by atomic mass is 19.1. The molecule has 0 aliphatic rings. The van der Waals surface area contributed by atoms with Gasteiger partial charge in [0.05, 0.1) is 12.2 Å². The van der Waals surface area contributed by atoms with E-state index >= 15 is 0 Å². The zero-order chi connectivity index (χ0) is 14.4. The molecule has 3 N–H and O–H groups in total. The molecule has 0 spiro atoms. The number of amides is 1. The van der Waals surface area contributed by atoms with Crippen LogP contribution in [0.2, 0.25) is 0 Å². The van der Waals surface area contributed by atoms with E-state index in [-0.39, 0.29) is 18.1 Å². The highest BCUT2D eigenvalue weighted by molar-refractivity contribution is 5.92. The fourth-order valence-electron chi connectivity index (χ4n) is 1.85. The van der Waals surface area contributed by atoms with Crippen LogP contribution in [-0.4, -0.2) is 30.4 Å². The maximum absolute atomic E-state index is 13.5. The molecule has 4 nitrogen and oxygen atoms in total. The second-order valence-corrected chi connectivity index (χ2v) is 5.01. The van der Waals surface area contributed by atoms with E-state index in [1.807, 2.05) is 11.8 Å². The molecule has 1 aromatic carbocycles. The lowest BCUT2D eigenvalue weighted by Crippen LogP contribution is -2.35. The van der Waals surface area contributed by atoms with Gasteiger partial charge in [0.15, 0.2) is 0 Å². The Morgan fingerprint density at radius 2 is 2.16 bits per heavy atom. The molecule has 19 heavy (non-hydrogen) atoms. The maximum atomic E-state index is 13.5. The molecule has 0 aliphatic carbocycles. The zero-order valence-corrected chi connectivity index (χ0v) is 11.7. The van der Waals surface area contributed by atoms with E-state index in [1.54, 1.807) is 0 Å². The molecular weight excluding hydrogens is 245 g/mol. The quantitative estimate of drug-likeness (QED) is 0.778. The number of likely N-dealkylation sites (N-methyl/N-ethyl adjacent to an activating group) is 1. The second-order valence-electron chi connectivity index (χ2n) is 5.01. The summed E-state index contributed by atoms with van der Waals surface area (Å²) in [7, 11) is 0. The molecule has 0 heterocycles. The van der Waals surface area contributed by atoms with Crippen LogP contribution in [0.3, 0.4) is 0 Å². The molecule has 5 heteroatoms. The Hall–Kier alpha value is -1.62. The Morgan fingerprint density at radius 3 is 2.74 bits per heavy atom. The van der Waals surface area contributed by atoms with Crippen LogP contribution in [0.25, 0.3) is 0 Å². The SMILES string of the molecule is CCN(CC(=O)Nc1cc(N)ccc1F)CC(C)C. The lowest BCUT2D eigenvalue weighted by molar-refractivity contribution is -0.117. The molecule has 0 saturated carbocycles. The van der Waals surface area contributed by atoms with Gasteiger partial charge in [0.25, 0.3) is 0 Å². The van der Waals surface area contributed by atoms with Gasteiger partial charge in [-0.3, -0.25) is 9.69 Å². The van der Waals surface area contributed by atoms with E-state index in [4.69, 9.17) is 5.73 Å². The largest absolute Gasteiger partial charge is 0.399 e. The van der Waals surface area contributed by atoms with E-state index in [0.29, 0.717) is 11.6 Å². The average molecular weight is 267 g/mol. The third-order valence-electron chi connectivity index (χ3n) is 2.70. The summed E-state index contributed by atoms with van der Waals surface area (Å²) in [5.41, 5.74) is 6.12. The monoisotopic (exact) mass is 267 g/mol. The Bertz CT molecular complexity index is 435. The van der Waals surface area contributed by atoms with Gasteiger partial charge in [-0.1, -0.05) is 20.8 Å². The molecule has 0 radical (unpaired) electrons. The van der Waals surface area contributed by atoms with Crippen LogP contribution in [0.5, 0.6) is 0 Å². The molecule has 0 saturated heterocycles. The molecule has 0 aromatic heterocycles. The number of halogens is 1. The summed E-state index contributed by atoms with van der Waals surface area (Å²) in [5, 5.41) is 2.55. The maximum Gasteiger partial charge on any atom is 0.238 e. The normalized spacial score (nSPS) is 11.1. The number of rotatable bonds is 6. The summed E-state index contributed by atoms with van der Waals surface area (Å²) < 4.78 is 13.5. The smallest absolute Gasteiger partial charge is 0.238 e. The van der Waals surface area contributed by atoms with Crippen molar-refractivity contribution in [3.8, 4) is 0 Å². The third kappa shape index (κ3) is 5.26. The summed E-state index contributed by atoms with van der Waals surface area (Å²) >= 11 is 0. The van der Waals surface area contributed by atoms with Crippen LogP contribution >= 0.6 is 0 Å². The number of carbonyl (C=O) groups excluding carboxylic acids is 1. The average Bonchev–Trinajstić information content (AvgIpc) is 2.32. The van der Waals surface area contributed by atoms with Crippen molar-refractivity contribution in [2.75, 3.05) is 30.7 Å². The number of hydrogen-bond donors (Lipinski definition) is 2. The van der Waals surface area contributed by atoms with E-state index in [0.717, 1.165) is 13.1 Å². The standard InChI is InChI=1S/C14H22FN3O/c1-4-18(8-10(2)3)9-14(19)17-13-7-11(16)5-6-12(13)15/h5-7,10H,4,8-9,16H2,1-3H3,(H,17,19). The van der Waals surface area contributed by atoms with Crippen molar-refractivity contribution in [1.29, 1.82) is 0 Å². The molecule has 1 aromatic rings. The van der Waals surface area contributed by atoms with Crippen molar-refractivity contribution in [3.05, 3.63) is 24.0 Å². The number of carbonyl (C=O) groups is 1. The van der Waals surface area contributed by atoms with Gasteiger partial charge in [0.1, 0.15) is 5.82 Å². The molecule has 1 rings (SSSR count).